The molecule has 0 fully saturated rings. The maximum Gasteiger partial charge on any atom is 0.418 e. The molecule has 0 saturated carbocycles. The average molecular weight is 455 g/mol. The van der Waals surface area contributed by atoms with Crippen LogP contribution in [0, 0.1) is 0 Å². The van der Waals surface area contributed by atoms with Gasteiger partial charge >= 0.3 is 6.18 Å². The molecule has 4 nitrogen and oxygen atoms in total. The highest BCUT2D eigenvalue weighted by atomic mass is 79.9. The molecule has 0 bridgehead atoms. The highest BCUT2D eigenvalue weighted by molar-refractivity contribution is 9.10. The molecular formula is C13H10BrF3N4S3. The molecule has 0 atom stereocenters. The highest BCUT2D eigenvalue weighted by Gasteiger charge is 2.34. The molecule has 0 aliphatic rings. The van der Waals surface area contributed by atoms with Crippen LogP contribution >= 0.6 is 51.2 Å². The Morgan fingerprint density at radius 1 is 1.38 bits per heavy atom. The van der Waals surface area contributed by atoms with Crippen LogP contribution < -0.4 is 10.6 Å². The van der Waals surface area contributed by atoms with E-state index in [9.17, 15) is 13.2 Å². The van der Waals surface area contributed by atoms with Crippen molar-refractivity contribution in [2.45, 2.75) is 10.5 Å². The van der Waals surface area contributed by atoms with Crippen LogP contribution in [0.5, 0.6) is 0 Å². The number of alkyl halides is 3. The number of rotatable bonds is 5. The van der Waals surface area contributed by atoms with Gasteiger partial charge in [0.15, 0.2) is 9.45 Å². The molecular weight excluding hydrogens is 445 g/mol. The minimum atomic E-state index is -4.50. The van der Waals surface area contributed by atoms with Crippen LogP contribution in [-0.2, 0) is 6.18 Å². The molecule has 1 aromatic heterocycles. The summed E-state index contributed by atoms with van der Waals surface area (Å²) in [5.41, 5.74) is -0.963. The summed E-state index contributed by atoms with van der Waals surface area (Å²) in [6.07, 6.45) is -2.77. The van der Waals surface area contributed by atoms with E-state index < -0.39 is 11.7 Å². The summed E-state index contributed by atoms with van der Waals surface area (Å²) in [6, 6.07) is 3.78. The molecule has 1 aromatic carbocycles. The number of halogens is 4. The van der Waals surface area contributed by atoms with E-state index in [1.54, 1.807) is 6.08 Å². The summed E-state index contributed by atoms with van der Waals surface area (Å²) in [4.78, 5) is 0. The Bertz CT molecular complexity index is 748. The normalized spacial score (nSPS) is 11.2. The maximum absolute atomic E-state index is 13.1. The number of nitrogens with one attached hydrogen (secondary N) is 2. The Kier molecular flexibility index (Phi) is 6.61. The molecule has 0 saturated heterocycles. The van der Waals surface area contributed by atoms with Gasteiger partial charge in [0.1, 0.15) is 0 Å². The first kappa shape index (κ1) is 19.2. The van der Waals surface area contributed by atoms with Crippen molar-refractivity contribution < 1.29 is 13.2 Å². The lowest BCUT2D eigenvalue weighted by Gasteiger charge is -2.15. The van der Waals surface area contributed by atoms with Crippen molar-refractivity contribution >= 4 is 67.2 Å². The lowest BCUT2D eigenvalue weighted by molar-refractivity contribution is -0.136. The Labute approximate surface area is 158 Å². The van der Waals surface area contributed by atoms with Crippen LogP contribution in [0.15, 0.2) is 39.7 Å². The van der Waals surface area contributed by atoms with Gasteiger partial charge in [-0.25, -0.2) is 0 Å². The monoisotopic (exact) mass is 454 g/mol. The molecule has 1 heterocycles. The first-order chi connectivity index (χ1) is 11.3. The van der Waals surface area contributed by atoms with E-state index in [-0.39, 0.29) is 10.8 Å². The van der Waals surface area contributed by atoms with Crippen molar-refractivity contribution in [2.75, 3.05) is 16.4 Å². The van der Waals surface area contributed by atoms with Crippen LogP contribution in [0.2, 0.25) is 0 Å². The van der Waals surface area contributed by atoms with Crippen molar-refractivity contribution in [3.05, 3.63) is 40.9 Å². The average Bonchev–Trinajstić information content (AvgIpc) is 2.93. The molecule has 0 aliphatic heterocycles. The zero-order valence-electron chi connectivity index (χ0n) is 11.9. The molecule has 2 rings (SSSR count). The van der Waals surface area contributed by atoms with Crippen molar-refractivity contribution in [3.8, 4) is 0 Å². The lowest BCUT2D eigenvalue weighted by atomic mass is 10.1. The molecule has 2 aromatic rings. The molecule has 0 unspecified atom stereocenters. The number of nitrogens with zero attached hydrogens (tertiary/aromatic N) is 2. The number of hydrogen-bond acceptors (Lipinski definition) is 5. The number of anilines is 2. The zero-order chi connectivity index (χ0) is 17.7. The second-order valence-electron chi connectivity index (χ2n) is 4.24. The molecule has 0 aliphatic carbocycles. The smallest absolute Gasteiger partial charge is 0.332 e. The summed E-state index contributed by atoms with van der Waals surface area (Å²) in [5.74, 6) is 0.686. The van der Waals surface area contributed by atoms with Crippen molar-refractivity contribution in [2.24, 2.45) is 0 Å². The molecule has 2 N–H and O–H groups in total. The van der Waals surface area contributed by atoms with Gasteiger partial charge in [-0.15, -0.1) is 16.8 Å². The van der Waals surface area contributed by atoms with Gasteiger partial charge in [0, 0.05) is 10.2 Å². The minimum Gasteiger partial charge on any atom is -0.332 e. The molecule has 24 heavy (non-hydrogen) atoms. The van der Waals surface area contributed by atoms with Gasteiger partial charge in [-0.2, -0.15) is 13.2 Å². The first-order valence-electron chi connectivity index (χ1n) is 6.31. The van der Waals surface area contributed by atoms with Crippen molar-refractivity contribution in [1.82, 2.24) is 10.2 Å². The third kappa shape index (κ3) is 5.43. The van der Waals surface area contributed by atoms with Gasteiger partial charge in [-0.05, 0) is 30.4 Å². The molecule has 128 valence electrons. The number of aromatic nitrogens is 2. The summed E-state index contributed by atoms with van der Waals surface area (Å²) in [6.45, 7) is 3.61. The third-order valence-electron chi connectivity index (χ3n) is 2.49. The Morgan fingerprint density at radius 3 is 2.79 bits per heavy atom. The number of thioether (sulfide) groups is 1. The quantitative estimate of drug-likeness (QED) is 0.358. The lowest BCUT2D eigenvalue weighted by Crippen LogP contribution is -2.21. The number of benzene rings is 1. The van der Waals surface area contributed by atoms with E-state index in [0.717, 1.165) is 6.07 Å². The van der Waals surface area contributed by atoms with Crippen LogP contribution in [-0.4, -0.2) is 21.1 Å². The van der Waals surface area contributed by atoms with E-state index >= 15 is 0 Å². The van der Waals surface area contributed by atoms with Gasteiger partial charge in [0.05, 0.1) is 11.3 Å². The molecule has 11 heteroatoms. The fraction of sp³-hybridized carbons (Fsp3) is 0.154. The Balaban J connectivity index is 2.07. The predicted octanol–water partition coefficient (Wildman–Crippen LogP) is 5.41. The predicted molar refractivity (Wildman–Crippen MR) is 99.8 cm³/mol. The summed E-state index contributed by atoms with van der Waals surface area (Å²) in [7, 11) is 0. The fourth-order valence-corrected chi connectivity index (χ4v) is 3.71. The van der Waals surface area contributed by atoms with Gasteiger partial charge < -0.3 is 10.6 Å². The maximum atomic E-state index is 13.1. The van der Waals surface area contributed by atoms with Gasteiger partial charge in [-0.3, -0.25) is 0 Å². The van der Waals surface area contributed by atoms with E-state index in [2.05, 4.69) is 43.3 Å². The van der Waals surface area contributed by atoms with Crippen molar-refractivity contribution in [3.63, 3.8) is 0 Å². The number of hydrogen-bond donors (Lipinski definition) is 2. The largest absolute Gasteiger partial charge is 0.418 e. The Hall–Kier alpha value is -1.17. The van der Waals surface area contributed by atoms with Gasteiger partial charge in [0.25, 0.3) is 0 Å². The second kappa shape index (κ2) is 8.28. The van der Waals surface area contributed by atoms with E-state index in [1.165, 1.54) is 35.2 Å². The number of thiocarbonyl (C=S) groups is 1. The highest BCUT2D eigenvalue weighted by Crippen LogP contribution is 2.36. The molecule has 0 radical (unpaired) electrons. The second-order valence-corrected chi connectivity index (χ2v) is 7.81. The van der Waals surface area contributed by atoms with Crippen molar-refractivity contribution in [1.29, 1.82) is 0 Å². The van der Waals surface area contributed by atoms with E-state index in [4.69, 9.17) is 12.2 Å². The standard InChI is InChI=1S/C13H10BrF3N4S3/c1-2-5-23-12-21-20-11(24-12)19-10(22)18-9-4-3-7(14)6-8(9)13(15,16)17/h2-4,6H,1,5H2,(H2,18,19,20,22). The Morgan fingerprint density at radius 2 is 2.12 bits per heavy atom. The van der Waals surface area contributed by atoms with Crippen LogP contribution in [0.4, 0.5) is 24.0 Å². The molecule has 0 spiro atoms. The SMILES string of the molecule is C=CCSc1nnc(NC(=S)Nc2ccc(Br)cc2C(F)(F)F)s1. The fourth-order valence-electron chi connectivity index (χ4n) is 1.56. The first-order valence-corrected chi connectivity index (χ1v) is 9.32. The zero-order valence-corrected chi connectivity index (χ0v) is 15.9. The summed E-state index contributed by atoms with van der Waals surface area (Å²) in [5, 5.41) is 13.5. The van der Waals surface area contributed by atoms with Crippen LogP contribution in [0.1, 0.15) is 5.56 Å². The van der Waals surface area contributed by atoms with Crippen LogP contribution in [0.25, 0.3) is 0 Å². The minimum absolute atomic E-state index is 0.000701. The van der Waals surface area contributed by atoms with Gasteiger partial charge in [0.2, 0.25) is 5.13 Å². The summed E-state index contributed by atoms with van der Waals surface area (Å²) >= 11 is 10.8. The van der Waals surface area contributed by atoms with E-state index in [1.807, 2.05) is 0 Å². The van der Waals surface area contributed by atoms with Crippen LogP contribution in [0.3, 0.4) is 0 Å². The topological polar surface area (TPSA) is 49.8 Å². The third-order valence-corrected chi connectivity index (χ3v) is 5.15. The summed E-state index contributed by atoms with van der Waals surface area (Å²) < 4.78 is 40.2. The van der Waals surface area contributed by atoms with E-state index in [0.29, 0.717) is 19.7 Å². The molecule has 0 amide bonds. The van der Waals surface area contributed by atoms with Gasteiger partial charge in [-0.1, -0.05) is 45.1 Å².